The Balaban J connectivity index is 2.67. The van der Waals surface area contributed by atoms with Crippen LogP contribution < -0.4 is 0 Å². The molecule has 0 atom stereocenters. The molecule has 1 rings (SSSR count). The van der Waals surface area contributed by atoms with Gasteiger partial charge in [-0.3, -0.25) is 4.79 Å². The van der Waals surface area contributed by atoms with Crippen LogP contribution in [-0.4, -0.2) is 35.4 Å². The Labute approximate surface area is 124 Å². The largest absolute Gasteiger partial charge is 0.464 e. The lowest BCUT2D eigenvalue weighted by molar-refractivity contribution is -0.132. The predicted octanol–water partition coefficient (Wildman–Crippen LogP) is 2.86. The first kappa shape index (κ1) is 16.6. The summed E-state index contributed by atoms with van der Waals surface area (Å²) in [6.07, 6.45) is 3.40. The van der Waals surface area contributed by atoms with E-state index < -0.39 is 5.97 Å². The number of hydrogen-bond acceptors (Lipinski definition) is 5. The van der Waals surface area contributed by atoms with Gasteiger partial charge in [0, 0.05) is 18.3 Å². The highest BCUT2D eigenvalue weighted by Gasteiger charge is 2.16. The fourth-order valence-corrected chi connectivity index (χ4v) is 2.57. The quantitative estimate of drug-likeness (QED) is 0.692. The van der Waals surface area contributed by atoms with E-state index in [9.17, 15) is 9.59 Å². The van der Waals surface area contributed by atoms with Crippen LogP contribution in [-0.2, 0) is 16.1 Å². The highest BCUT2D eigenvalue weighted by atomic mass is 32.1. The third-order valence-corrected chi connectivity index (χ3v) is 3.70. The SMILES string of the molecule is CCCCC(=O)N(CCC)Cc1nc(C(=O)OC)cs1. The number of aromatic nitrogens is 1. The number of nitrogens with zero attached hydrogens (tertiary/aromatic N) is 2. The number of rotatable bonds is 8. The van der Waals surface area contributed by atoms with Gasteiger partial charge in [0.25, 0.3) is 0 Å². The van der Waals surface area contributed by atoms with Crippen molar-refractivity contribution in [3.63, 3.8) is 0 Å². The summed E-state index contributed by atoms with van der Waals surface area (Å²) in [6, 6.07) is 0. The zero-order valence-corrected chi connectivity index (χ0v) is 13.2. The lowest BCUT2D eigenvalue weighted by Crippen LogP contribution is -2.31. The standard InChI is InChI=1S/C14H22N2O3S/c1-4-6-7-13(17)16(8-5-2)9-12-15-11(10-20-12)14(18)19-3/h10H,4-9H2,1-3H3. The molecule has 6 heteroatoms. The number of carbonyl (C=O) groups excluding carboxylic acids is 2. The normalized spacial score (nSPS) is 10.3. The molecule has 0 spiro atoms. The monoisotopic (exact) mass is 298 g/mol. The number of thiazole rings is 1. The van der Waals surface area contributed by atoms with Crippen LogP contribution in [0.25, 0.3) is 0 Å². The first-order valence-corrected chi connectivity index (χ1v) is 7.80. The van der Waals surface area contributed by atoms with E-state index in [1.54, 1.807) is 5.38 Å². The van der Waals surface area contributed by atoms with Crippen LogP contribution in [0.4, 0.5) is 0 Å². The van der Waals surface area contributed by atoms with Crippen molar-refractivity contribution in [3.05, 3.63) is 16.1 Å². The third-order valence-electron chi connectivity index (χ3n) is 2.86. The zero-order valence-electron chi connectivity index (χ0n) is 12.3. The number of methoxy groups -OCH3 is 1. The first-order valence-electron chi connectivity index (χ1n) is 6.92. The molecule has 0 aromatic carbocycles. The number of carbonyl (C=O) groups is 2. The Hall–Kier alpha value is -1.43. The molecule has 0 fully saturated rings. The second-order valence-corrected chi connectivity index (χ2v) is 5.48. The van der Waals surface area contributed by atoms with Crippen LogP contribution in [0.5, 0.6) is 0 Å². The van der Waals surface area contributed by atoms with E-state index >= 15 is 0 Å². The van der Waals surface area contributed by atoms with Crippen molar-refractivity contribution in [3.8, 4) is 0 Å². The number of amides is 1. The van der Waals surface area contributed by atoms with Gasteiger partial charge < -0.3 is 9.64 Å². The number of ether oxygens (including phenoxy) is 1. The van der Waals surface area contributed by atoms with Crippen molar-refractivity contribution in [2.45, 2.75) is 46.1 Å². The number of hydrogen-bond donors (Lipinski definition) is 0. The van der Waals surface area contributed by atoms with Gasteiger partial charge in [-0.1, -0.05) is 20.3 Å². The smallest absolute Gasteiger partial charge is 0.357 e. The summed E-state index contributed by atoms with van der Waals surface area (Å²) in [7, 11) is 1.33. The molecule has 1 heterocycles. The summed E-state index contributed by atoms with van der Waals surface area (Å²) in [4.78, 5) is 29.5. The van der Waals surface area contributed by atoms with Gasteiger partial charge in [-0.2, -0.15) is 0 Å². The van der Waals surface area contributed by atoms with Crippen LogP contribution in [0.3, 0.4) is 0 Å². The Morgan fingerprint density at radius 1 is 1.35 bits per heavy atom. The maximum atomic E-state index is 12.1. The highest BCUT2D eigenvalue weighted by molar-refractivity contribution is 7.09. The Kier molecular flexibility index (Phi) is 7.22. The molecular formula is C14H22N2O3S. The van der Waals surface area contributed by atoms with Crippen LogP contribution in [0, 0.1) is 0 Å². The maximum absolute atomic E-state index is 12.1. The highest BCUT2D eigenvalue weighted by Crippen LogP contribution is 2.14. The minimum absolute atomic E-state index is 0.156. The minimum Gasteiger partial charge on any atom is -0.464 e. The fraction of sp³-hybridized carbons (Fsp3) is 0.643. The van der Waals surface area contributed by atoms with Gasteiger partial charge in [0.15, 0.2) is 5.69 Å². The molecular weight excluding hydrogens is 276 g/mol. The van der Waals surface area contributed by atoms with Gasteiger partial charge in [0.2, 0.25) is 5.91 Å². The molecule has 112 valence electrons. The van der Waals surface area contributed by atoms with E-state index in [0.717, 1.165) is 30.8 Å². The van der Waals surface area contributed by atoms with Crippen molar-refractivity contribution in [2.24, 2.45) is 0 Å². The molecule has 0 N–H and O–H groups in total. The van der Waals surface area contributed by atoms with Gasteiger partial charge in [-0.05, 0) is 12.8 Å². The van der Waals surface area contributed by atoms with Gasteiger partial charge >= 0.3 is 5.97 Å². The van der Waals surface area contributed by atoms with Gasteiger partial charge in [0.1, 0.15) is 5.01 Å². The van der Waals surface area contributed by atoms with E-state index in [0.29, 0.717) is 18.7 Å². The van der Waals surface area contributed by atoms with E-state index in [4.69, 9.17) is 0 Å². The zero-order chi connectivity index (χ0) is 15.0. The summed E-state index contributed by atoms with van der Waals surface area (Å²) in [5.74, 6) is -0.282. The molecule has 0 aliphatic rings. The third kappa shape index (κ3) is 4.92. The molecule has 1 amide bonds. The summed E-state index contributed by atoms with van der Waals surface area (Å²) >= 11 is 1.38. The Morgan fingerprint density at radius 2 is 2.10 bits per heavy atom. The molecule has 0 radical (unpaired) electrons. The van der Waals surface area contributed by atoms with Crippen LogP contribution >= 0.6 is 11.3 Å². The molecule has 0 aliphatic carbocycles. The van der Waals surface area contributed by atoms with Crippen molar-refractivity contribution in [1.29, 1.82) is 0 Å². The van der Waals surface area contributed by atoms with Crippen molar-refractivity contribution in [2.75, 3.05) is 13.7 Å². The van der Waals surface area contributed by atoms with Gasteiger partial charge in [0.05, 0.1) is 13.7 Å². The molecule has 0 saturated carbocycles. The first-order chi connectivity index (χ1) is 9.62. The molecule has 20 heavy (non-hydrogen) atoms. The molecule has 0 unspecified atom stereocenters. The molecule has 5 nitrogen and oxygen atoms in total. The van der Waals surface area contributed by atoms with E-state index in [-0.39, 0.29) is 5.91 Å². The molecule has 1 aromatic heterocycles. The van der Waals surface area contributed by atoms with Gasteiger partial charge in [-0.15, -0.1) is 11.3 Å². The molecule has 0 bridgehead atoms. The molecule has 0 aliphatic heterocycles. The van der Waals surface area contributed by atoms with Crippen LogP contribution in [0.1, 0.15) is 55.0 Å². The summed E-state index contributed by atoms with van der Waals surface area (Å²) in [5, 5.41) is 2.44. The summed E-state index contributed by atoms with van der Waals surface area (Å²) in [5.41, 5.74) is 0.310. The Morgan fingerprint density at radius 3 is 2.70 bits per heavy atom. The fourth-order valence-electron chi connectivity index (χ4n) is 1.79. The summed E-state index contributed by atoms with van der Waals surface area (Å²) < 4.78 is 4.63. The number of esters is 1. The average molecular weight is 298 g/mol. The second kappa shape index (κ2) is 8.68. The van der Waals surface area contributed by atoms with Crippen LogP contribution in [0.2, 0.25) is 0 Å². The van der Waals surface area contributed by atoms with Gasteiger partial charge in [-0.25, -0.2) is 9.78 Å². The van der Waals surface area contributed by atoms with Crippen molar-refractivity contribution < 1.29 is 14.3 Å². The summed E-state index contributed by atoms with van der Waals surface area (Å²) in [6.45, 7) is 5.30. The predicted molar refractivity (Wildman–Crippen MR) is 78.7 cm³/mol. The van der Waals surface area contributed by atoms with E-state index in [1.807, 2.05) is 11.8 Å². The topological polar surface area (TPSA) is 59.5 Å². The lowest BCUT2D eigenvalue weighted by atomic mass is 10.2. The van der Waals surface area contributed by atoms with Crippen LogP contribution in [0.15, 0.2) is 5.38 Å². The Bertz CT molecular complexity index is 445. The number of unbranched alkanes of at least 4 members (excludes halogenated alkanes) is 1. The maximum Gasteiger partial charge on any atom is 0.357 e. The van der Waals surface area contributed by atoms with E-state index in [2.05, 4.69) is 16.6 Å². The molecule has 1 aromatic rings. The van der Waals surface area contributed by atoms with Crippen molar-refractivity contribution >= 4 is 23.2 Å². The minimum atomic E-state index is -0.438. The van der Waals surface area contributed by atoms with Crippen molar-refractivity contribution in [1.82, 2.24) is 9.88 Å². The average Bonchev–Trinajstić information content (AvgIpc) is 2.92. The lowest BCUT2D eigenvalue weighted by Gasteiger charge is -2.20. The van der Waals surface area contributed by atoms with E-state index in [1.165, 1.54) is 18.4 Å². The second-order valence-electron chi connectivity index (χ2n) is 4.54. The molecule has 0 saturated heterocycles.